The Bertz CT molecular complexity index is 516. The van der Waals surface area contributed by atoms with Crippen molar-refractivity contribution in [1.29, 1.82) is 0 Å². The van der Waals surface area contributed by atoms with Crippen molar-refractivity contribution >= 4 is 10.9 Å². The molecule has 2 N–H and O–H groups in total. The molecule has 0 fully saturated rings. The zero-order valence-corrected chi connectivity index (χ0v) is 9.47. The number of aromatic nitrogens is 1. The summed E-state index contributed by atoms with van der Waals surface area (Å²) in [5.41, 5.74) is 3.91. The van der Waals surface area contributed by atoms with Gasteiger partial charge in [-0.05, 0) is 31.0 Å². The summed E-state index contributed by atoms with van der Waals surface area (Å²) >= 11 is 0. The van der Waals surface area contributed by atoms with Crippen LogP contribution in [0.3, 0.4) is 0 Å². The van der Waals surface area contributed by atoms with E-state index >= 15 is 0 Å². The van der Waals surface area contributed by atoms with Gasteiger partial charge in [-0.15, -0.1) is 0 Å². The van der Waals surface area contributed by atoms with Gasteiger partial charge in [-0.1, -0.05) is 12.1 Å². The van der Waals surface area contributed by atoms with Crippen molar-refractivity contribution in [2.45, 2.75) is 19.4 Å². The van der Waals surface area contributed by atoms with Crippen molar-refractivity contribution in [3.05, 3.63) is 29.5 Å². The largest absolute Gasteiger partial charge is 0.495 e. The molecule has 16 heavy (non-hydrogen) atoms. The molecule has 3 rings (SSSR count). The summed E-state index contributed by atoms with van der Waals surface area (Å²) in [6, 6.07) is 6.23. The van der Waals surface area contributed by atoms with Crippen LogP contribution in [0.2, 0.25) is 0 Å². The predicted octanol–water partition coefficient (Wildman–Crippen LogP) is 2.21. The average Bonchev–Trinajstić information content (AvgIpc) is 2.52. The first-order chi connectivity index (χ1) is 7.90. The molecule has 84 valence electrons. The number of ether oxygens (including phenoxy) is 1. The van der Waals surface area contributed by atoms with Crippen molar-refractivity contribution in [2.75, 3.05) is 13.7 Å². The van der Waals surface area contributed by atoms with E-state index < -0.39 is 0 Å². The van der Waals surface area contributed by atoms with E-state index in [1.54, 1.807) is 7.11 Å². The van der Waals surface area contributed by atoms with Gasteiger partial charge in [-0.3, -0.25) is 0 Å². The number of hydrogen-bond acceptors (Lipinski definition) is 2. The Balaban J connectivity index is 2.24. The number of methoxy groups -OCH3 is 1. The first-order valence-corrected chi connectivity index (χ1v) is 5.77. The van der Waals surface area contributed by atoms with Crippen LogP contribution in [0.4, 0.5) is 0 Å². The van der Waals surface area contributed by atoms with Gasteiger partial charge in [0.2, 0.25) is 0 Å². The zero-order valence-electron chi connectivity index (χ0n) is 9.47. The summed E-state index contributed by atoms with van der Waals surface area (Å²) in [5.74, 6) is 0.936. The first-order valence-electron chi connectivity index (χ1n) is 5.77. The maximum atomic E-state index is 5.38. The molecule has 0 unspecified atom stereocenters. The number of H-pyrrole nitrogens is 1. The second-order valence-electron chi connectivity index (χ2n) is 4.25. The molecule has 0 spiro atoms. The lowest BCUT2D eigenvalue weighted by Crippen LogP contribution is -2.11. The van der Waals surface area contributed by atoms with Gasteiger partial charge in [-0.2, -0.15) is 0 Å². The Labute approximate surface area is 94.8 Å². The molecule has 1 aromatic heterocycles. The molecule has 0 amide bonds. The van der Waals surface area contributed by atoms with Crippen LogP contribution in [0.25, 0.3) is 10.9 Å². The monoisotopic (exact) mass is 216 g/mol. The quantitative estimate of drug-likeness (QED) is 0.767. The van der Waals surface area contributed by atoms with Crippen molar-refractivity contribution in [3.8, 4) is 5.75 Å². The van der Waals surface area contributed by atoms with E-state index in [9.17, 15) is 0 Å². The molecular formula is C13H16N2O. The summed E-state index contributed by atoms with van der Waals surface area (Å²) in [6.45, 7) is 2.07. The maximum Gasteiger partial charge on any atom is 0.142 e. The fourth-order valence-electron chi connectivity index (χ4n) is 2.49. The molecule has 3 heteroatoms. The van der Waals surface area contributed by atoms with Crippen LogP contribution in [0, 0.1) is 0 Å². The summed E-state index contributed by atoms with van der Waals surface area (Å²) in [6.07, 6.45) is 2.32. The van der Waals surface area contributed by atoms with Crippen LogP contribution >= 0.6 is 0 Å². The second-order valence-corrected chi connectivity index (χ2v) is 4.25. The molecule has 1 aliphatic rings. The van der Waals surface area contributed by atoms with E-state index in [1.165, 1.54) is 23.1 Å². The molecule has 3 nitrogen and oxygen atoms in total. The lowest BCUT2D eigenvalue weighted by Gasteiger charge is -2.02. The highest BCUT2D eigenvalue weighted by Crippen LogP contribution is 2.30. The van der Waals surface area contributed by atoms with Gasteiger partial charge in [0.05, 0.1) is 12.6 Å². The highest BCUT2D eigenvalue weighted by molar-refractivity contribution is 5.89. The van der Waals surface area contributed by atoms with Crippen LogP contribution in [0.5, 0.6) is 5.75 Å². The van der Waals surface area contributed by atoms with Gasteiger partial charge in [0.15, 0.2) is 0 Å². The Morgan fingerprint density at radius 3 is 3.12 bits per heavy atom. The third kappa shape index (κ3) is 1.39. The molecule has 0 aliphatic carbocycles. The van der Waals surface area contributed by atoms with Crippen LogP contribution in [0.15, 0.2) is 18.2 Å². The molecule has 0 saturated heterocycles. The topological polar surface area (TPSA) is 37.0 Å². The fourth-order valence-corrected chi connectivity index (χ4v) is 2.49. The summed E-state index contributed by atoms with van der Waals surface area (Å²) in [5, 5.41) is 4.75. The Morgan fingerprint density at radius 1 is 1.31 bits per heavy atom. The number of benzene rings is 1. The number of nitrogens with one attached hydrogen (secondary N) is 2. The lowest BCUT2D eigenvalue weighted by atomic mass is 10.1. The van der Waals surface area contributed by atoms with E-state index in [0.29, 0.717) is 0 Å². The highest BCUT2D eigenvalue weighted by atomic mass is 16.5. The predicted molar refractivity (Wildman–Crippen MR) is 64.9 cm³/mol. The van der Waals surface area contributed by atoms with Gasteiger partial charge in [0.1, 0.15) is 5.75 Å². The standard InChI is InChI=1S/C13H16N2O/c1-16-12-6-2-4-9-10-8-14-7-3-5-11(10)15-13(9)12/h2,4,6,14-15H,3,5,7-8H2,1H3. The van der Waals surface area contributed by atoms with E-state index in [-0.39, 0.29) is 0 Å². The molecule has 1 aromatic carbocycles. The number of fused-ring (bicyclic) bond motifs is 3. The van der Waals surface area contributed by atoms with Gasteiger partial charge >= 0.3 is 0 Å². The van der Waals surface area contributed by atoms with E-state index in [4.69, 9.17) is 4.74 Å². The normalized spacial score (nSPS) is 15.8. The molecule has 2 aromatic rings. The third-order valence-corrected chi connectivity index (χ3v) is 3.29. The van der Waals surface area contributed by atoms with E-state index in [0.717, 1.165) is 30.8 Å². The first kappa shape index (κ1) is 9.73. The van der Waals surface area contributed by atoms with Gasteiger partial charge in [0, 0.05) is 17.6 Å². The molecule has 0 atom stereocenters. The SMILES string of the molecule is COc1cccc2c3c([nH]c12)CCCNC3. The summed E-state index contributed by atoms with van der Waals surface area (Å²) in [7, 11) is 1.72. The number of rotatable bonds is 1. The molecule has 0 saturated carbocycles. The molecule has 0 bridgehead atoms. The number of aryl methyl sites for hydroxylation is 1. The Hall–Kier alpha value is -1.48. The molecule has 1 aliphatic heterocycles. The average molecular weight is 216 g/mol. The minimum absolute atomic E-state index is 0.936. The van der Waals surface area contributed by atoms with Gasteiger partial charge in [0.25, 0.3) is 0 Å². The van der Waals surface area contributed by atoms with Crippen molar-refractivity contribution in [1.82, 2.24) is 10.3 Å². The van der Waals surface area contributed by atoms with Crippen LogP contribution in [-0.4, -0.2) is 18.6 Å². The lowest BCUT2D eigenvalue weighted by molar-refractivity contribution is 0.419. The number of para-hydroxylation sites is 1. The van der Waals surface area contributed by atoms with Crippen molar-refractivity contribution in [2.24, 2.45) is 0 Å². The van der Waals surface area contributed by atoms with Gasteiger partial charge < -0.3 is 15.0 Å². The molecule has 2 heterocycles. The third-order valence-electron chi connectivity index (χ3n) is 3.29. The van der Waals surface area contributed by atoms with Gasteiger partial charge in [-0.25, -0.2) is 0 Å². The number of hydrogen-bond donors (Lipinski definition) is 2. The van der Waals surface area contributed by atoms with Crippen molar-refractivity contribution < 1.29 is 4.74 Å². The molecular weight excluding hydrogens is 200 g/mol. The summed E-state index contributed by atoms with van der Waals surface area (Å²) in [4.78, 5) is 3.51. The minimum atomic E-state index is 0.936. The molecule has 0 radical (unpaired) electrons. The van der Waals surface area contributed by atoms with Crippen LogP contribution in [0.1, 0.15) is 17.7 Å². The zero-order chi connectivity index (χ0) is 11.0. The number of aromatic amines is 1. The summed E-state index contributed by atoms with van der Waals surface area (Å²) < 4.78 is 5.38. The van der Waals surface area contributed by atoms with E-state index in [1.807, 2.05) is 6.07 Å². The highest BCUT2D eigenvalue weighted by Gasteiger charge is 2.15. The smallest absolute Gasteiger partial charge is 0.142 e. The van der Waals surface area contributed by atoms with Crippen LogP contribution in [-0.2, 0) is 13.0 Å². The maximum absolute atomic E-state index is 5.38. The Morgan fingerprint density at radius 2 is 2.25 bits per heavy atom. The van der Waals surface area contributed by atoms with Crippen LogP contribution < -0.4 is 10.1 Å². The van der Waals surface area contributed by atoms with E-state index in [2.05, 4.69) is 22.4 Å². The fraction of sp³-hybridized carbons (Fsp3) is 0.385. The Kier molecular flexibility index (Phi) is 2.33. The second kappa shape index (κ2) is 3.83. The minimum Gasteiger partial charge on any atom is -0.495 e. The van der Waals surface area contributed by atoms with Crippen molar-refractivity contribution in [3.63, 3.8) is 0 Å².